The lowest BCUT2D eigenvalue weighted by Crippen LogP contribution is -2.31. The molecule has 34 heavy (non-hydrogen) atoms. The van der Waals surface area contributed by atoms with Gasteiger partial charge in [-0.3, -0.25) is 14.5 Å². The molecule has 0 saturated heterocycles. The van der Waals surface area contributed by atoms with E-state index in [1.165, 1.54) is 27.6 Å². The largest absolute Gasteiger partial charge is 0.503 e. The zero-order valence-corrected chi connectivity index (χ0v) is 22.1. The summed E-state index contributed by atoms with van der Waals surface area (Å²) < 4.78 is 1.75. The molecule has 2 aromatic heterocycles. The Morgan fingerprint density at radius 2 is 1.85 bits per heavy atom. The van der Waals surface area contributed by atoms with Gasteiger partial charge in [0.2, 0.25) is 5.78 Å². The molecular formula is C25H20BrN3O3S2. The fourth-order valence-electron chi connectivity index (χ4n) is 4.35. The lowest BCUT2D eigenvalue weighted by molar-refractivity contribution is -0.117. The van der Waals surface area contributed by atoms with Gasteiger partial charge in [-0.2, -0.15) is 0 Å². The predicted molar refractivity (Wildman–Crippen MR) is 139 cm³/mol. The van der Waals surface area contributed by atoms with Crippen LogP contribution >= 0.6 is 38.6 Å². The van der Waals surface area contributed by atoms with Crippen LogP contribution in [-0.2, 0) is 4.79 Å². The Morgan fingerprint density at radius 1 is 1.09 bits per heavy atom. The van der Waals surface area contributed by atoms with E-state index in [2.05, 4.69) is 20.9 Å². The summed E-state index contributed by atoms with van der Waals surface area (Å²) in [5.41, 5.74) is 4.23. The first-order valence-electron chi connectivity index (χ1n) is 10.5. The average Bonchev–Trinajstić information content (AvgIpc) is 3.41. The molecule has 0 fully saturated rings. The maximum atomic E-state index is 13.7. The molecule has 0 saturated carbocycles. The molecule has 2 aromatic carbocycles. The molecule has 1 atom stereocenters. The number of amides is 1. The van der Waals surface area contributed by atoms with E-state index in [-0.39, 0.29) is 5.57 Å². The fourth-order valence-corrected chi connectivity index (χ4v) is 6.81. The van der Waals surface area contributed by atoms with Gasteiger partial charge < -0.3 is 5.11 Å². The number of Topliss-reactive ketones (excluding diaryl/α,β-unsaturated/α-hetero) is 1. The molecule has 1 aliphatic rings. The van der Waals surface area contributed by atoms with Crippen molar-refractivity contribution in [3.63, 3.8) is 0 Å². The van der Waals surface area contributed by atoms with Crippen LogP contribution in [0.15, 0.2) is 52.2 Å². The number of ketones is 1. The molecule has 0 radical (unpaired) electrons. The van der Waals surface area contributed by atoms with E-state index in [0.29, 0.717) is 21.3 Å². The van der Waals surface area contributed by atoms with Crippen LogP contribution in [0.4, 0.5) is 5.13 Å². The maximum absolute atomic E-state index is 13.7. The number of aryl methyl sites for hydroxylation is 4. The standard InChI is InChI=1S/C25H20BrN3O3S2/c1-11-8-12(2)19-17(9-11)34-25(28-19)29-20(15-6-5-7-16(26)10-15)18(22(31)24(29)32)21(30)23-13(3)27-14(4)33-23/h5-10,20,31H,1-4H3. The molecule has 0 aliphatic carbocycles. The summed E-state index contributed by atoms with van der Waals surface area (Å²) in [4.78, 5) is 38.1. The molecule has 1 amide bonds. The van der Waals surface area contributed by atoms with E-state index in [0.717, 1.165) is 30.8 Å². The van der Waals surface area contributed by atoms with Crippen molar-refractivity contribution in [2.24, 2.45) is 0 Å². The second-order valence-corrected chi connectivity index (χ2v) is 11.4. The number of aliphatic hydroxyl groups excluding tert-OH is 1. The molecular weight excluding hydrogens is 534 g/mol. The average molecular weight is 554 g/mol. The lowest BCUT2D eigenvalue weighted by atomic mass is 9.95. The second-order valence-electron chi connectivity index (χ2n) is 8.30. The van der Waals surface area contributed by atoms with E-state index in [1.807, 2.05) is 57.2 Å². The number of anilines is 1. The van der Waals surface area contributed by atoms with E-state index >= 15 is 0 Å². The minimum atomic E-state index is -0.818. The SMILES string of the molecule is Cc1cc(C)c2nc(N3C(=O)C(O)=C(C(=O)c4sc(C)nc4C)C3c3cccc(Br)c3)sc2c1. The Bertz CT molecular complexity index is 1540. The van der Waals surface area contributed by atoms with Crippen molar-refractivity contribution in [3.8, 4) is 0 Å². The quantitative estimate of drug-likeness (QED) is 0.290. The number of fused-ring (bicyclic) bond motifs is 1. The highest BCUT2D eigenvalue weighted by Gasteiger charge is 2.46. The van der Waals surface area contributed by atoms with Crippen molar-refractivity contribution in [2.45, 2.75) is 33.7 Å². The van der Waals surface area contributed by atoms with Crippen molar-refractivity contribution in [3.05, 3.63) is 84.5 Å². The Labute approximate surface area is 212 Å². The zero-order chi connectivity index (χ0) is 24.3. The molecule has 5 rings (SSSR count). The first kappa shape index (κ1) is 22.9. The molecule has 4 aromatic rings. The summed E-state index contributed by atoms with van der Waals surface area (Å²) in [6.07, 6.45) is 0. The minimum Gasteiger partial charge on any atom is -0.503 e. The van der Waals surface area contributed by atoms with Crippen LogP contribution in [0.25, 0.3) is 10.2 Å². The summed E-state index contributed by atoms with van der Waals surface area (Å²) in [6.45, 7) is 7.58. The summed E-state index contributed by atoms with van der Waals surface area (Å²) in [6, 6.07) is 10.7. The number of hydrogen-bond donors (Lipinski definition) is 1. The molecule has 1 unspecified atom stereocenters. The van der Waals surface area contributed by atoms with Gasteiger partial charge in [0.15, 0.2) is 10.9 Å². The van der Waals surface area contributed by atoms with Crippen molar-refractivity contribution in [1.29, 1.82) is 0 Å². The normalized spacial score (nSPS) is 16.2. The van der Waals surface area contributed by atoms with Gasteiger partial charge in [0.05, 0.1) is 37.4 Å². The molecule has 6 nitrogen and oxygen atoms in total. The van der Waals surface area contributed by atoms with Crippen LogP contribution in [0.5, 0.6) is 0 Å². The van der Waals surface area contributed by atoms with Gasteiger partial charge >= 0.3 is 0 Å². The fraction of sp³-hybridized carbons (Fsp3) is 0.200. The number of thiazole rings is 2. The number of rotatable bonds is 4. The number of hydrogen-bond acceptors (Lipinski definition) is 7. The van der Waals surface area contributed by atoms with Crippen LogP contribution in [0.1, 0.15) is 43.1 Å². The van der Waals surface area contributed by atoms with Gasteiger partial charge in [0.25, 0.3) is 5.91 Å². The minimum absolute atomic E-state index is 0.0435. The Morgan fingerprint density at radius 3 is 2.53 bits per heavy atom. The molecule has 9 heteroatoms. The molecule has 1 aliphatic heterocycles. The van der Waals surface area contributed by atoms with Gasteiger partial charge in [-0.1, -0.05) is 45.5 Å². The summed E-state index contributed by atoms with van der Waals surface area (Å²) >= 11 is 6.12. The van der Waals surface area contributed by atoms with E-state index in [1.54, 1.807) is 6.92 Å². The van der Waals surface area contributed by atoms with Gasteiger partial charge in [-0.15, -0.1) is 11.3 Å². The Kier molecular flexibility index (Phi) is 5.66. The number of halogens is 1. The zero-order valence-electron chi connectivity index (χ0n) is 18.8. The number of benzene rings is 2. The number of aromatic nitrogens is 2. The predicted octanol–water partition coefficient (Wildman–Crippen LogP) is 6.53. The van der Waals surface area contributed by atoms with Crippen LogP contribution in [0.3, 0.4) is 0 Å². The summed E-state index contributed by atoms with van der Waals surface area (Å²) in [7, 11) is 0. The molecule has 0 bridgehead atoms. The highest BCUT2D eigenvalue weighted by atomic mass is 79.9. The molecule has 1 N–H and O–H groups in total. The topological polar surface area (TPSA) is 83.4 Å². The van der Waals surface area contributed by atoms with Gasteiger partial charge in [-0.05, 0) is 62.6 Å². The van der Waals surface area contributed by atoms with Crippen LogP contribution in [0, 0.1) is 27.7 Å². The Hall–Kier alpha value is -2.88. The third kappa shape index (κ3) is 3.68. The lowest BCUT2D eigenvalue weighted by Gasteiger charge is -2.24. The van der Waals surface area contributed by atoms with Crippen molar-refractivity contribution in [2.75, 3.05) is 4.90 Å². The van der Waals surface area contributed by atoms with E-state index in [4.69, 9.17) is 4.98 Å². The number of carbonyl (C=O) groups is 2. The molecule has 3 heterocycles. The van der Waals surface area contributed by atoms with Gasteiger partial charge in [-0.25, -0.2) is 9.97 Å². The Balaban J connectivity index is 1.71. The van der Waals surface area contributed by atoms with Crippen LogP contribution < -0.4 is 4.90 Å². The van der Waals surface area contributed by atoms with Crippen molar-refractivity contribution in [1.82, 2.24) is 9.97 Å². The number of carbonyl (C=O) groups excluding carboxylic acids is 2. The smallest absolute Gasteiger partial charge is 0.296 e. The monoisotopic (exact) mass is 553 g/mol. The van der Waals surface area contributed by atoms with Crippen LogP contribution in [-0.4, -0.2) is 26.8 Å². The van der Waals surface area contributed by atoms with Crippen LogP contribution in [0.2, 0.25) is 0 Å². The third-order valence-electron chi connectivity index (χ3n) is 5.75. The number of aliphatic hydroxyl groups is 1. The summed E-state index contributed by atoms with van der Waals surface area (Å²) in [5, 5.41) is 12.2. The molecule has 172 valence electrons. The first-order chi connectivity index (χ1) is 16.2. The summed E-state index contributed by atoms with van der Waals surface area (Å²) in [5.74, 6) is -1.58. The van der Waals surface area contributed by atoms with E-state index in [9.17, 15) is 14.7 Å². The van der Waals surface area contributed by atoms with Gasteiger partial charge in [0.1, 0.15) is 0 Å². The molecule has 0 spiro atoms. The van der Waals surface area contributed by atoms with E-state index < -0.39 is 23.5 Å². The van der Waals surface area contributed by atoms with Crippen molar-refractivity contribution < 1.29 is 14.7 Å². The highest BCUT2D eigenvalue weighted by molar-refractivity contribution is 9.10. The van der Waals surface area contributed by atoms with Crippen molar-refractivity contribution >= 4 is 65.6 Å². The third-order valence-corrected chi connectivity index (χ3v) is 8.32. The van der Waals surface area contributed by atoms with Gasteiger partial charge in [0, 0.05) is 4.47 Å². The second kappa shape index (κ2) is 8.41. The number of nitrogens with zero attached hydrogens (tertiary/aromatic N) is 3. The maximum Gasteiger partial charge on any atom is 0.296 e. The first-order valence-corrected chi connectivity index (χ1v) is 13.0. The highest BCUT2D eigenvalue weighted by Crippen LogP contribution is 2.45.